The second kappa shape index (κ2) is 8.20. The van der Waals surface area contributed by atoms with E-state index >= 15 is 0 Å². The van der Waals surface area contributed by atoms with E-state index in [1.807, 2.05) is 73.7 Å². The minimum absolute atomic E-state index is 0.161. The Morgan fingerprint density at radius 2 is 1.96 bits per heavy atom. The first-order valence-electron chi connectivity index (χ1n) is 8.84. The Kier molecular flexibility index (Phi) is 5.50. The van der Waals surface area contributed by atoms with Crippen LogP contribution in [0.2, 0.25) is 0 Å². The second-order valence-electron chi connectivity index (χ2n) is 6.10. The number of nitrogens with one attached hydrogen (secondary N) is 1. The molecule has 0 spiro atoms. The van der Waals surface area contributed by atoms with Gasteiger partial charge in [-0.1, -0.05) is 52.3 Å². The normalized spacial score (nSPS) is 16.7. The monoisotopic (exact) mass is 452 g/mol. The number of halogens is 1. The Morgan fingerprint density at radius 1 is 1.14 bits per heavy atom. The summed E-state index contributed by atoms with van der Waals surface area (Å²) in [7, 11) is 0. The van der Waals surface area contributed by atoms with E-state index in [-0.39, 0.29) is 5.91 Å². The molecule has 0 bridgehead atoms. The first-order valence-corrected chi connectivity index (χ1v) is 10.4. The van der Waals surface area contributed by atoms with E-state index in [4.69, 9.17) is 4.74 Å². The van der Waals surface area contributed by atoms with Crippen LogP contribution >= 0.6 is 27.7 Å². The van der Waals surface area contributed by atoms with Crippen LogP contribution in [0.4, 0.5) is 5.69 Å². The van der Waals surface area contributed by atoms with Crippen molar-refractivity contribution in [1.82, 2.24) is 5.32 Å². The summed E-state index contributed by atoms with van der Waals surface area (Å²) in [6.45, 7) is 2.50. The number of ether oxygens (including phenoxy) is 1. The fourth-order valence-electron chi connectivity index (χ4n) is 2.96. The van der Waals surface area contributed by atoms with Crippen LogP contribution in [0.1, 0.15) is 12.5 Å². The molecule has 1 saturated heterocycles. The van der Waals surface area contributed by atoms with E-state index < -0.39 is 0 Å². The zero-order valence-electron chi connectivity index (χ0n) is 15.1. The third-order valence-electron chi connectivity index (χ3n) is 4.20. The number of aliphatic imine (C=N–C) groups is 1. The van der Waals surface area contributed by atoms with Crippen molar-refractivity contribution in [2.45, 2.75) is 6.92 Å². The number of hydrogen-bond acceptors (Lipinski definition) is 4. The smallest absolute Gasteiger partial charge is 0.264 e. The first-order chi connectivity index (χ1) is 13.6. The molecule has 0 unspecified atom stereocenters. The Labute approximate surface area is 175 Å². The van der Waals surface area contributed by atoms with E-state index in [2.05, 4.69) is 26.2 Å². The fraction of sp³-hybridized carbons (Fsp3) is 0.0909. The van der Waals surface area contributed by atoms with Gasteiger partial charge in [-0.3, -0.25) is 4.79 Å². The van der Waals surface area contributed by atoms with Crippen LogP contribution in [-0.2, 0) is 4.79 Å². The lowest BCUT2D eigenvalue weighted by atomic mass is 10.1. The maximum Gasteiger partial charge on any atom is 0.264 e. The standard InChI is InChI=1S/C22H17BrN2O2S/c1-2-27-19-11-10-16(23)12-15(19)13-20-21(26)25-22(28-20)24-18-9-5-7-14-6-3-4-8-17(14)18/h3-13H,2H2,1H3,(H,24,25,26)/b20-13+. The van der Waals surface area contributed by atoms with E-state index in [1.54, 1.807) is 0 Å². The minimum Gasteiger partial charge on any atom is -0.493 e. The van der Waals surface area contributed by atoms with Crippen molar-refractivity contribution in [3.8, 4) is 5.75 Å². The summed E-state index contributed by atoms with van der Waals surface area (Å²) in [4.78, 5) is 17.7. The molecule has 3 aromatic rings. The molecule has 3 aromatic carbocycles. The molecule has 1 aliphatic heterocycles. The zero-order chi connectivity index (χ0) is 19.5. The molecule has 28 heavy (non-hydrogen) atoms. The highest BCUT2D eigenvalue weighted by Crippen LogP contribution is 2.33. The summed E-state index contributed by atoms with van der Waals surface area (Å²) < 4.78 is 6.60. The molecule has 0 aliphatic carbocycles. The highest BCUT2D eigenvalue weighted by Gasteiger charge is 2.24. The van der Waals surface area contributed by atoms with Gasteiger partial charge >= 0.3 is 0 Å². The second-order valence-corrected chi connectivity index (χ2v) is 8.04. The number of rotatable bonds is 4. The molecule has 1 N–H and O–H groups in total. The molecule has 0 atom stereocenters. The number of fused-ring (bicyclic) bond motifs is 1. The molecular weight excluding hydrogens is 436 g/mol. The van der Waals surface area contributed by atoms with Crippen molar-refractivity contribution in [2.75, 3.05) is 6.61 Å². The number of benzene rings is 3. The van der Waals surface area contributed by atoms with Gasteiger partial charge in [0.1, 0.15) is 5.75 Å². The number of carbonyl (C=O) groups is 1. The molecule has 1 aliphatic rings. The molecule has 0 radical (unpaired) electrons. The van der Waals surface area contributed by atoms with Crippen molar-refractivity contribution >= 4 is 61.3 Å². The van der Waals surface area contributed by atoms with Gasteiger partial charge in [-0.05, 0) is 54.4 Å². The van der Waals surface area contributed by atoms with Crippen molar-refractivity contribution in [2.24, 2.45) is 4.99 Å². The fourth-order valence-corrected chi connectivity index (χ4v) is 4.16. The number of carbonyl (C=O) groups excluding carboxylic acids is 1. The van der Waals surface area contributed by atoms with Crippen LogP contribution < -0.4 is 10.1 Å². The van der Waals surface area contributed by atoms with E-state index in [0.29, 0.717) is 16.7 Å². The summed E-state index contributed by atoms with van der Waals surface area (Å²) in [6, 6.07) is 19.8. The molecule has 140 valence electrons. The summed E-state index contributed by atoms with van der Waals surface area (Å²) in [5.41, 5.74) is 1.68. The topological polar surface area (TPSA) is 50.7 Å². The molecule has 1 amide bonds. The third kappa shape index (κ3) is 3.98. The van der Waals surface area contributed by atoms with Crippen LogP contribution in [0.3, 0.4) is 0 Å². The quantitative estimate of drug-likeness (QED) is 0.501. The molecule has 1 fully saturated rings. The van der Waals surface area contributed by atoms with Crippen LogP contribution in [-0.4, -0.2) is 17.7 Å². The van der Waals surface area contributed by atoms with Gasteiger partial charge < -0.3 is 10.1 Å². The summed E-state index contributed by atoms with van der Waals surface area (Å²) in [5, 5.41) is 5.59. The first kappa shape index (κ1) is 18.8. The van der Waals surface area contributed by atoms with Gasteiger partial charge in [0.25, 0.3) is 5.91 Å². The number of amides is 1. The number of thioether (sulfide) groups is 1. The Bertz CT molecular complexity index is 1120. The summed E-state index contributed by atoms with van der Waals surface area (Å²) >= 11 is 4.80. The zero-order valence-corrected chi connectivity index (χ0v) is 17.5. The number of nitrogens with zero attached hydrogens (tertiary/aromatic N) is 1. The van der Waals surface area contributed by atoms with Gasteiger partial charge in [-0.15, -0.1) is 0 Å². The van der Waals surface area contributed by atoms with Crippen molar-refractivity contribution in [1.29, 1.82) is 0 Å². The lowest BCUT2D eigenvalue weighted by Crippen LogP contribution is -2.19. The van der Waals surface area contributed by atoms with Gasteiger partial charge in [-0.2, -0.15) is 0 Å². The molecule has 4 rings (SSSR count). The third-order valence-corrected chi connectivity index (χ3v) is 5.60. The lowest BCUT2D eigenvalue weighted by molar-refractivity contribution is -0.115. The Hall–Kier alpha value is -2.57. The molecule has 6 heteroatoms. The van der Waals surface area contributed by atoms with Gasteiger partial charge in [0.2, 0.25) is 0 Å². The maximum absolute atomic E-state index is 12.5. The largest absolute Gasteiger partial charge is 0.493 e. The summed E-state index contributed by atoms with van der Waals surface area (Å²) in [6.07, 6.45) is 1.83. The van der Waals surface area contributed by atoms with Gasteiger partial charge in [0.15, 0.2) is 5.17 Å². The molecule has 0 aromatic heterocycles. The lowest BCUT2D eigenvalue weighted by Gasteiger charge is -2.07. The highest BCUT2D eigenvalue weighted by atomic mass is 79.9. The van der Waals surface area contributed by atoms with E-state index in [0.717, 1.165) is 32.2 Å². The predicted octanol–water partition coefficient (Wildman–Crippen LogP) is 5.89. The minimum atomic E-state index is -0.161. The average molecular weight is 453 g/mol. The maximum atomic E-state index is 12.5. The average Bonchev–Trinajstić information content (AvgIpc) is 3.03. The van der Waals surface area contributed by atoms with Crippen LogP contribution in [0, 0.1) is 0 Å². The summed E-state index contributed by atoms with van der Waals surface area (Å²) in [5.74, 6) is 0.581. The Morgan fingerprint density at radius 3 is 2.82 bits per heavy atom. The molecule has 1 heterocycles. The van der Waals surface area contributed by atoms with Crippen molar-refractivity contribution < 1.29 is 9.53 Å². The molecular formula is C22H17BrN2O2S. The van der Waals surface area contributed by atoms with Crippen LogP contribution in [0.5, 0.6) is 5.75 Å². The van der Waals surface area contributed by atoms with Crippen LogP contribution in [0.15, 0.2) is 75.0 Å². The van der Waals surface area contributed by atoms with Crippen molar-refractivity contribution in [3.63, 3.8) is 0 Å². The SMILES string of the molecule is CCOc1ccc(Br)cc1/C=C1/SC(=Nc2cccc3ccccc23)NC1=O. The number of hydrogen-bond donors (Lipinski definition) is 1. The molecule has 0 saturated carbocycles. The van der Waals surface area contributed by atoms with Gasteiger partial charge in [0.05, 0.1) is 17.2 Å². The van der Waals surface area contributed by atoms with Gasteiger partial charge in [0, 0.05) is 15.4 Å². The Balaban J connectivity index is 1.67. The predicted molar refractivity (Wildman–Crippen MR) is 120 cm³/mol. The van der Waals surface area contributed by atoms with E-state index in [1.165, 1.54) is 11.8 Å². The van der Waals surface area contributed by atoms with Crippen molar-refractivity contribution in [3.05, 3.63) is 75.6 Å². The van der Waals surface area contributed by atoms with Gasteiger partial charge in [-0.25, -0.2) is 4.99 Å². The highest BCUT2D eigenvalue weighted by molar-refractivity contribution is 9.10. The number of amidine groups is 1. The molecule has 4 nitrogen and oxygen atoms in total. The van der Waals surface area contributed by atoms with E-state index in [9.17, 15) is 4.79 Å². The van der Waals surface area contributed by atoms with Crippen LogP contribution in [0.25, 0.3) is 16.8 Å².